The summed E-state index contributed by atoms with van der Waals surface area (Å²) in [4.78, 5) is 24.0. The van der Waals surface area contributed by atoms with Crippen molar-refractivity contribution in [2.24, 2.45) is 5.73 Å². The molecule has 1 amide bonds. The van der Waals surface area contributed by atoms with E-state index < -0.39 is 5.91 Å². The molecular formula is C16H26N2O4. The highest BCUT2D eigenvalue weighted by Crippen LogP contribution is 2.14. The lowest BCUT2D eigenvalue weighted by Crippen LogP contribution is -2.39. The molecule has 0 fully saturated rings. The van der Waals surface area contributed by atoms with Gasteiger partial charge in [-0.25, -0.2) is 0 Å². The fourth-order valence-electron chi connectivity index (χ4n) is 1.74. The van der Waals surface area contributed by atoms with Crippen LogP contribution in [-0.2, 0) is 0 Å². The van der Waals surface area contributed by atoms with Gasteiger partial charge in [-0.15, -0.1) is 0 Å². The number of carbonyl (C=O) groups is 1. The third-order valence-electron chi connectivity index (χ3n) is 3.58. The Labute approximate surface area is 131 Å². The third-order valence-corrected chi connectivity index (χ3v) is 3.58. The molecular weight excluding hydrogens is 284 g/mol. The van der Waals surface area contributed by atoms with Crippen LogP contribution >= 0.6 is 0 Å². The Morgan fingerprint density at radius 2 is 2.18 bits per heavy atom. The Kier molecular flexibility index (Phi) is 7.11. The second kappa shape index (κ2) is 8.58. The van der Waals surface area contributed by atoms with Gasteiger partial charge in [0.25, 0.3) is 5.91 Å². The van der Waals surface area contributed by atoms with E-state index in [0.717, 1.165) is 19.3 Å². The average molecular weight is 310 g/mol. The van der Waals surface area contributed by atoms with Crippen LogP contribution in [0.5, 0.6) is 5.75 Å². The van der Waals surface area contributed by atoms with Crippen molar-refractivity contribution < 1.29 is 13.9 Å². The quantitative estimate of drug-likeness (QED) is 0.681. The first-order valence-electron chi connectivity index (χ1n) is 7.73. The van der Waals surface area contributed by atoms with Gasteiger partial charge < -0.3 is 20.2 Å². The van der Waals surface area contributed by atoms with E-state index in [9.17, 15) is 9.59 Å². The summed E-state index contributed by atoms with van der Waals surface area (Å²) in [7, 11) is 0. The summed E-state index contributed by atoms with van der Waals surface area (Å²) in [6, 6.07) is 1.24. The minimum Gasteiger partial charge on any atom is -0.486 e. The summed E-state index contributed by atoms with van der Waals surface area (Å²) in [6.45, 7) is 6.73. The normalized spacial score (nSPS) is 13.5. The first-order chi connectivity index (χ1) is 10.4. The minimum absolute atomic E-state index is 0.0283. The second-order valence-electron chi connectivity index (χ2n) is 5.66. The summed E-state index contributed by atoms with van der Waals surface area (Å²) in [6.07, 6.45) is 4.39. The average Bonchev–Trinajstić information content (AvgIpc) is 2.48. The molecule has 1 aromatic heterocycles. The number of carbonyl (C=O) groups excluding carboxylic acids is 1. The zero-order valence-electron chi connectivity index (χ0n) is 13.6. The van der Waals surface area contributed by atoms with Crippen LogP contribution in [0.3, 0.4) is 0 Å². The predicted octanol–water partition coefficient (Wildman–Crippen LogP) is 2.07. The SMILES string of the molecule is CCCCOc1c(C(=O)NCCC(C)(N)CC)occc1=O. The van der Waals surface area contributed by atoms with Crippen LogP contribution in [0.1, 0.15) is 57.0 Å². The fourth-order valence-corrected chi connectivity index (χ4v) is 1.74. The van der Waals surface area contributed by atoms with Crippen LogP contribution in [-0.4, -0.2) is 24.6 Å². The van der Waals surface area contributed by atoms with Crippen molar-refractivity contribution >= 4 is 5.91 Å². The van der Waals surface area contributed by atoms with Crippen LogP contribution in [0.25, 0.3) is 0 Å². The number of ether oxygens (including phenoxy) is 1. The molecule has 22 heavy (non-hydrogen) atoms. The molecule has 0 aliphatic heterocycles. The highest BCUT2D eigenvalue weighted by atomic mass is 16.5. The van der Waals surface area contributed by atoms with Crippen molar-refractivity contribution in [3.8, 4) is 5.75 Å². The van der Waals surface area contributed by atoms with E-state index in [2.05, 4.69) is 5.32 Å². The van der Waals surface area contributed by atoms with E-state index in [1.807, 2.05) is 20.8 Å². The molecule has 0 radical (unpaired) electrons. The van der Waals surface area contributed by atoms with E-state index >= 15 is 0 Å². The van der Waals surface area contributed by atoms with Crippen LogP contribution in [0.2, 0.25) is 0 Å². The van der Waals surface area contributed by atoms with Crippen molar-refractivity contribution in [3.63, 3.8) is 0 Å². The van der Waals surface area contributed by atoms with Crippen LogP contribution < -0.4 is 21.2 Å². The molecule has 0 saturated heterocycles. The summed E-state index contributed by atoms with van der Waals surface area (Å²) < 4.78 is 10.6. The molecule has 0 saturated carbocycles. The smallest absolute Gasteiger partial charge is 0.291 e. The van der Waals surface area contributed by atoms with Gasteiger partial charge in [-0.3, -0.25) is 9.59 Å². The lowest BCUT2D eigenvalue weighted by molar-refractivity contribution is 0.0913. The zero-order chi connectivity index (χ0) is 16.6. The lowest BCUT2D eigenvalue weighted by atomic mass is 9.96. The molecule has 1 heterocycles. The summed E-state index contributed by atoms with van der Waals surface area (Å²) in [5, 5.41) is 2.72. The van der Waals surface area contributed by atoms with E-state index in [1.165, 1.54) is 12.3 Å². The number of hydrogen-bond acceptors (Lipinski definition) is 5. The lowest BCUT2D eigenvalue weighted by Gasteiger charge is -2.22. The van der Waals surface area contributed by atoms with E-state index in [4.69, 9.17) is 14.9 Å². The molecule has 0 bridgehead atoms. The predicted molar refractivity (Wildman–Crippen MR) is 85.2 cm³/mol. The van der Waals surface area contributed by atoms with Gasteiger partial charge in [0, 0.05) is 18.2 Å². The van der Waals surface area contributed by atoms with Gasteiger partial charge in [0.15, 0.2) is 0 Å². The Hall–Kier alpha value is -1.82. The maximum Gasteiger partial charge on any atom is 0.291 e. The van der Waals surface area contributed by atoms with Crippen molar-refractivity contribution in [1.82, 2.24) is 5.32 Å². The highest BCUT2D eigenvalue weighted by Gasteiger charge is 2.20. The topological polar surface area (TPSA) is 94.6 Å². The Morgan fingerprint density at radius 1 is 1.45 bits per heavy atom. The molecule has 1 atom stereocenters. The molecule has 0 aromatic carbocycles. The maximum atomic E-state index is 12.2. The molecule has 1 aromatic rings. The number of unbranched alkanes of at least 4 members (excludes halogenated alkanes) is 1. The Morgan fingerprint density at radius 3 is 2.82 bits per heavy atom. The maximum absolute atomic E-state index is 12.2. The molecule has 0 spiro atoms. The van der Waals surface area contributed by atoms with Gasteiger partial charge >= 0.3 is 0 Å². The molecule has 6 heteroatoms. The molecule has 124 valence electrons. The van der Waals surface area contributed by atoms with Crippen molar-refractivity contribution in [2.45, 2.75) is 52.0 Å². The number of amides is 1. The first kappa shape index (κ1) is 18.2. The molecule has 3 N–H and O–H groups in total. The minimum atomic E-state index is -0.462. The van der Waals surface area contributed by atoms with E-state index in [-0.39, 0.29) is 22.5 Å². The summed E-state index contributed by atoms with van der Waals surface area (Å²) in [5.41, 5.74) is 5.34. The molecule has 6 nitrogen and oxygen atoms in total. The number of hydrogen-bond donors (Lipinski definition) is 2. The largest absolute Gasteiger partial charge is 0.486 e. The van der Waals surface area contributed by atoms with E-state index in [1.54, 1.807) is 0 Å². The Bertz CT molecular complexity index is 537. The number of rotatable bonds is 9. The third kappa shape index (κ3) is 5.52. The molecule has 0 aliphatic rings. The van der Waals surface area contributed by atoms with Crippen molar-refractivity contribution in [1.29, 1.82) is 0 Å². The second-order valence-corrected chi connectivity index (χ2v) is 5.66. The van der Waals surface area contributed by atoms with E-state index in [0.29, 0.717) is 19.6 Å². The zero-order valence-corrected chi connectivity index (χ0v) is 13.6. The van der Waals surface area contributed by atoms with Gasteiger partial charge in [-0.1, -0.05) is 20.3 Å². The first-order valence-corrected chi connectivity index (χ1v) is 7.73. The number of nitrogens with two attached hydrogens (primary N) is 1. The van der Waals surface area contributed by atoms with Crippen LogP contribution in [0.15, 0.2) is 21.5 Å². The molecule has 1 unspecified atom stereocenters. The fraction of sp³-hybridized carbons (Fsp3) is 0.625. The van der Waals surface area contributed by atoms with Crippen molar-refractivity contribution in [3.05, 3.63) is 28.3 Å². The summed E-state index contributed by atoms with van der Waals surface area (Å²) in [5.74, 6) is -0.575. The van der Waals surface area contributed by atoms with Crippen LogP contribution in [0, 0.1) is 0 Å². The monoisotopic (exact) mass is 310 g/mol. The summed E-state index contributed by atoms with van der Waals surface area (Å²) >= 11 is 0. The highest BCUT2D eigenvalue weighted by molar-refractivity contribution is 5.93. The standard InChI is InChI=1S/C16H26N2O4/c1-4-6-10-21-13-12(19)7-11-22-14(13)15(20)18-9-8-16(3,17)5-2/h7,11H,4-6,8-10,17H2,1-3H3,(H,18,20). The molecule has 1 rings (SSSR count). The number of nitrogens with one attached hydrogen (secondary N) is 1. The van der Waals surface area contributed by atoms with Gasteiger partial charge in [0.2, 0.25) is 16.9 Å². The van der Waals surface area contributed by atoms with Crippen molar-refractivity contribution in [2.75, 3.05) is 13.2 Å². The van der Waals surface area contributed by atoms with Gasteiger partial charge in [-0.05, 0) is 26.2 Å². The van der Waals surface area contributed by atoms with Gasteiger partial charge in [0.05, 0.1) is 12.9 Å². The molecule has 0 aliphatic carbocycles. The Balaban J connectivity index is 2.72. The van der Waals surface area contributed by atoms with Gasteiger partial charge in [0.1, 0.15) is 0 Å². The van der Waals surface area contributed by atoms with Crippen LogP contribution in [0.4, 0.5) is 0 Å². The van der Waals surface area contributed by atoms with Gasteiger partial charge in [-0.2, -0.15) is 0 Å².